The van der Waals surface area contributed by atoms with Crippen molar-refractivity contribution >= 4 is 28.5 Å². The molecule has 10 heteroatoms. The van der Waals surface area contributed by atoms with Crippen LogP contribution in [-0.2, 0) is 19.0 Å². The van der Waals surface area contributed by atoms with Crippen LogP contribution in [0.3, 0.4) is 0 Å². The number of aromatic nitrogens is 4. The molecule has 2 heterocycles. The summed E-state index contributed by atoms with van der Waals surface area (Å²) >= 11 is 5.99. The third-order valence-corrected chi connectivity index (χ3v) is 6.31. The molecule has 1 unspecified atom stereocenters. The highest BCUT2D eigenvalue weighted by Gasteiger charge is 2.35. The van der Waals surface area contributed by atoms with Gasteiger partial charge in [-0.15, -0.1) is 0 Å². The predicted octanol–water partition coefficient (Wildman–Crippen LogP) is 5.79. The maximum Gasteiger partial charge on any atom is 0.418 e. The number of amides is 1. The normalized spacial score (nSPS) is 14.7. The van der Waals surface area contributed by atoms with Crippen LogP contribution in [0.1, 0.15) is 58.9 Å². The van der Waals surface area contributed by atoms with E-state index in [1.165, 1.54) is 23.0 Å². The van der Waals surface area contributed by atoms with E-state index in [2.05, 4.69) is 20.3 Å². The number of carbonyl (C=O) groups excluding carboxylic acids is 1. The third-order valence-electron chi connectivity index (χ3n) is 6.07. The largest absolute Gasteiger partial charge is 0.418 e. The lowest BCUT2D eigenvalue weighted by Gasteiger charge is -2.19. The van der Waals surface area contributed by atoms with Crippen LogP contribution in [0, 0.1) is 0 Å². The lowest BCUT2D eigenvalue weighted by molar-refractivity contribution is -0.137. The minimum atomic E-state index is -4.64. The second-order valence-electron chi connectivity index (χ2n) is 8.42. The average molecular weight is 488 g/mol. The van der Waals surface area contributed by atoms with Gasteiger partial charge in [-0.25, -0.2) is 9.97 Å². The Morgan fingerprint density at radius 2 is 1.97 bits per heavy atom. The molecule has 2 aromatic heterocycles. The maximum absolute atomic E-state index is 14.0. The van der Waals surface area contributed by atoms with E-state index >= 15 is 0 Å². The van der Waals surface area contributed by atoms with Crippen LogP contribution in [0.5, 0.6) is 0 Å². The summed E-state index contributed by atoms with van der Waals surface area (Å²) in [6.07, 6.45) is 0.126. The Bertz CT molecular complexity index is 1390. The van der Waals surface area contributed by atoms with Crippen molar-refractivity contribution in [2.24, 2.45) is 0 Å². The fourth-order valence-electron chi connectivity index (χ4n) is 4.34. The van der Waals surface area contributed by atoms with Gasteiger partial charge in [-0.05, 0) is 69.0 Å². The van der Waals surface area contributed by atoms with Crippen molar-refractivity contribution in [1.82, 2.24) is 24.8 Å². The molecule has 0 spiro atoms. The van der Waals surface area contributed by atoms with E-state index in [1.807, 2.05) is 0 Å². The van der Waals surface area contributed by atoms with E-state index in [0.717, 1.165) is 42.2 Å². The number of rotatable bonds is 4. The molecule has 4 aromatic rings. The molecule has 0 aliphatic heterocycles. The summed E-state index contributed by atoms with van der Waals surface area (Å²) in [4.78, 5) is 24.7. The van der Waals surface area contributed by atoms with Gasteiger partial charge in [0.1, 0.15) is 5.82 Å². The number of H-pyrrole nitrogens is 1. The summed E-state index contributed by atoms with van der Waals surface area (Å²) in [7, 11) is 0. The highest BCUT2D eigenvalue weighted by molar-refractivity contribution is 6.31. The van der Waals surface area contributed by atoms with Crippen LogP contribution in [0.2, 0.25) is 5.02 Å². The van der Waals surface area contributed by atoms with E-state index in [9.17, 15) is 18.0 Å². The molecule has 2 N–H and O–H groups in total. The molecule has 34 heavy (non-hydrogen) atoms. The van der Waals surface area contributed by atoms with Crippen LogP contribution in [0.25, 0.3) is 16.7 Å². The molecular formula is C24H21ClF3N5O. The molecule has 0 fully saturated rings. The van der Waals surface area contributed by atoms with Gasteiger partial charge in [0, 0.05) is 16.3 Å². The smallest absolute Gasteiger partial charge is 0.342 e. The number of imidazole rings is 2. The molecule has 0 radical (unpaired) electrons. The zero-order valence-electron chi connectivity index (χ0n) is 18.2. The van der Waals surface area contributed by atoms with Gasteiger partial charge in [-0.1, -0.05) is 11.6 Å². The lowest BCUT2D eigenvalue weighted by Crippen LogP contribution is -2.28. The molecular weight excluding hydrogens is 467 g/mol. The molecule has 1 aliphatic carbocycles. The van der Waals surface area contributed by atoms with Crippen LogP contribution in [0.15, 0.2) is 42.7 Å². The van der Waals surface area contributed by atoms with E-state index < -0.39 is 23.7 Å². The number of nitrogens with one attached hydrogen (secondary N) is 2. The van der Waals surface area contributed by atoms with Gasteiger partial charge in [-0.2, -0.15) is 13.2 Å². The van der Waals surface area contributed by atoms with Crippen molar-refractivity contribution < 1.29 is 18.0 Å². The summed E-state index contributed by atoms with van der Waals surface area (Å²) in [5, 5.41) is 3.25. The highest BCUT2D eigenvalue weighted by Crippen LogP contribution is 2.36. The van der Waals surface area contributed by atoms with Crippen molar-refractivity contribution in [1.29, 1.82) is 0 Å². The number of aromatic amines is 1. The Balaban J connectivity index is 1.44. The highest BCUT2D eigenvalue weighted by atomic mass is 35.5. The van der Waals surface area contributed by atoms with Gasteiger partial charge >= 0.3 is 6.18 Å². The minimum Gasteiger partial charge on any atom is -0.342 e. The zero-order chi connectivity index (χ0) is 24.0. The quantitative estimate of drug-likeness (QED) is 0.382. The number of carbonyl (C=O) groups is 1. The number of benzene rings is 2. The first-order chi connectivity index (χ1) is 16.2. The molecule has 1 amide bonds. The van der Waals surface area contributed by atoms with Crippen LogP contribution < -0.4 is 5.32 Å². The van der Waals surface area contributed by atoms with Crippen LogP contribution in [0.4, 0.5) is 13.2 Å². The first-order valence-electron chi connectivity index (χ1n) is 10.9. The van der Waals surface area contributed by atoms with E-state index in [-0.39, 0.29) is 11.3 Å². The number of hydrogen-bond acceptors (Lipinski definition) is 3. The van der Waals surface area contributed by atoms with E-state index in [4.69, 9.17) is 11.6 Å². The standard InChI is InChI=1S/C24H21ClF3N5O/c1-13(22-31-17-8-7-15(25)11-19(17)32-22)30-23(34)14-6-9-20(16(10-14)24(26,27)28)33-12-29-18-4-2-3-5-21(18)33/h6-13H,2-5H2,1H3,(H,30,34)(H,31,32). The van der Waals surface area contributed by atoms with Crippen molar-refractivity contribution in [2.75, 3.05) is 0 Å². The fraction of sp³-hybridized carbons (Fsp3) is 0.292. The molecule has 6 nitrogen and oxygen atoms in total. The zero-order valence-corrected chi connectivity index (χ0v) is 19.0. The van der Waals surface area contributed by atoms with Gasteiger partial charge in [0.25, 0.3) is 5.91 Å². The summed E-state index contributed by atoms with van der Waals surface area (Å²) in [6.45, 7) is 1.70. The van der Waals surface area contributed by atoms with Crippen LogP contribution in [-0.4, -0.2) is 25.4 Å². The topological polar surface area (TPSA) is 75.6 Å². The van der Waals surface area contributed by atoms with E-state index in [0.29, 0.717) is 22.8 Å². The number of aryl methyl sites for hydroxylation is 1. The number of halogens is 4. The third kappa shape index (κ3) is 4.16. The molecule has 176 valence electrons. The van der Waals surface area contributed by atoms with Crippen molar-refractivity contribution in [2.45, 2.75) is 44.8 Å². The number of hydrogen-bond donors (Lipinski definition) is 2. The molecule has 0 saturated heterocycles. The van der Waals surface area contributed by atoms with Crippen LogP contribution >= 0.6 is 11.6 Å². The van der Waals surface area contributed by atoms with Gasteiger partial charge in [0.2, 0.25) is 0 Å². The summed E-state index contributed by atoms with van der Waals surface area (Å²) in [5.41, 5.74) is 2.02. The number of fused-ring (bicyclic) bond motifs is 2. The number of nitrogens with zero attached hydrogens (tertiary/aromatic N) is 3. The average Bonchev–Trinajstić information content (AvgIpc) is 3.42. The van der Waals surface area contributed by atoms with Crippen molar-refractivity contribution in [3.8, 4) is 5.69 Å². The first kappa shape index (κ1) is 22.5. The Morgan fingerprint density at radius 1 is 1.18 bits per heavy atom. The van der Waals surface area contributed by atoms with Crippen molar-refractivity contribution in [3.63, 3.8) is 0 Å². The monoisotopic (exact) mass is 487 g/mol. The molecule has 2 aromatic carbocycles. The molecule has 0 bridgehead atoms. The second kappa shape index (κ2) is 8.47. The summed E-state index contributed by atoms with van der Waals surface area (Å²) < 4.78 is 43.5. The Hall–Kier alpha value is -3.33. The number of alkyl halides is 3. The van der Waals surface area contributed by atoms with Gasteiger partial charge in [0.05, 0.1) is 40.3 Å². The minimum absolute atomic E-state index is 0.0260. The predicted molar refractivity (Wildman–Crippen MR) is 122 cm³/mol. The SMILES string of the molecule is CC(NC(=O)c1ccc(-n2cnc3c2CCCC3)c(C(F)(F)F)c1)c1nc2cc(Cl)ccc2[nH]1. The Morgan fingerprint density at radius 3 is 2.76 bits per heavy atom. The lowest BCUT2D eigenvalue weighted by atomic mass is 10.0. The fourth-order valence-corrected chi connectivity index (χ4v) is 4.51. The molecule has 5 rings (SSSR count). The van der Waals surface area contributed by atoms with Gasteiger partial charge < -0.3 is 14.9 Å². The van der Waals surface area contributed by atoms with E-state index in [1.54, 1.807) is 25.1 Å². The molecule has 1 atom stereocenters. The molecule has 1 aliphatic rings. The Kier molecular flexibility index (Phi) is 5.59. The molecule has 0 saturated carbocycles. The summed E-state index contributed by atoms with van der Waals surface area (Å²) in [5.74, 6) is -0.154. The second-order valence-corrected chi connectivity index (χ2v) is 8.86. The Labute approximate surface area is 198 Å². The van der Waals surface area contributed by atoms with Gasteiger partial charge in [-0.3, -0.25) is 4.79 Å². The summed E-state index contributed by atoms with van der Waals surface area (Å²) in [6, 6.07) is 8.24. The maximum atomic E-state index is 14.0. The first-order valence-corrected chi connectivity index (χ1v) is 11.3. The van der Waals surface area contributed by atoms with Gasteiger partial charge in [0.15, 0.2) is 0 Å². The van der Waals surface area contributed by atoms with Crippen molar-refractivity contribution in [3.05, 3.63) is 76.1 Å².